The zero-order valence-corrected chi connectivity index (χ0v) is 13.6. The summed E-state index contributed by atoms with van der Waals surface area (Å²) in [7, 11) is 0. The fourth-order valence-corrected chi connectivity index (χ4v) is 1.94. The quantitative estimate of drug-likeness (QED) is 0.510. The van der Waals surface area contributed by atoms with E-state index in [-0.39, 0.29) is 11.5 Å². The number of amides is 2. The average Bonchev–Trinajstić information content (AvgIpc) is 3.27. The molecule has 0 radical (unpaired) electrons. The Labute approximate surface area is 131 Å². The first-order valence-corrected chi connectivity index (χ1v) is 7.53. The van der Waals surface area contributed by atoms with Crippen molar-refractivity contribution < 1.29 is 9.59 Å². The molecular weight excluding hydrogens is 278 g/mol. The highest BCUT2D eigenvalue weighted by Gasteiger charge is 2.26. The Hall–Kier alpha value is -2.17. The van der Waals surface area contributed by atoms with Crippen molar-refractivity contribution in [1.82, 2.24) is 10.7 Å². The van der Waals surface area contributed by atoms with Crippen molar-refractivity contribution in [3.8, 4) is 0 Å². The molecule has 2 N–H and O–H groups in total. The normalized spacial score (nSPS) is 15.4. The highest BCUT2D eigenvalue weighted by atomic mass is 16.2. The molecule has 0 spiro atoms. The Balaban J connectivity index is 1.96. The van der Waals surface area contributed by atoms with Gasteiger partial charge in [-0.25, -0.2) is 5.43 Å². The van der Waals surface area contributed by atoms with Gasteiger partial charge in [-0.1, -0.05) is 45.0 Å². The van der Waals surface area contributed by atoms with Gasteiger partial charge in [0.1, 0.15) is 0 Å². The minimum absolute atomic E-state index is 0.0959. The molecule has 1 aromatic rings. The van der Waals surface area contributed by atoms with Crippen LogP contribution >= 0.6 is 0 Å². The number of nitrogens with one attached hydrogen (secondary N) is 2. The molecule has 0 bridgehead atoms. The van der Waals surface area contributed by atoms with Gasteiger partial charge in [-0.3, -0.25) is 9.59 Å². The molecule has 2 rings (SSSR count). The maximum absolute atomic E-state index is 11.6. The van der Waals surface area contributed by atoms with Crippen molar-refractivity contribution in [3.05, 3.63) is 35.4 Å². The van der Waals surface area contributed by atoms with Crippen LogP contribution in [0.5, 0.6) is 0 Å². The Bertz CT molecular complexity index is 593. The summed E-state index contributed by atoms with van der Waals surface area (Å²) < 4.78 is 0. The Morgan fingerprint density at radius 3 is 2.18 bits per heavy atom. The van der Waals surface area contributed by atoms with Crippen molar-refractivity contribution in [1.29, 1.82) is 0 Å². The van der Waals surface area contributed by atoms with Crippen LogP contribution in [0.1, 0.15) is 51.7 Å². The van der Waals surface area contributed by atoms with E-state index in [1.54, 1.807) is 6.92 Å². The number of hydrogen-bond donors (Lipinski definition) is 2. The second kappa shape index (κ2) is 6.30. The lowest BCUT2D eigenvalue weighted by Gasteiger charge is -2.19. The molecule has 1 aliphatic rings. The summed E-state index contributed by atoms with van der Waals surface area (Å²) in [5, 5.41) is 6.61. The maximum atomic E-state index is 11.6. The minimum atomic E-state index is -0.724. The van der Waals surface area contributed by atoms with Gasteiger partial charge in [0.25, 0.3) is 0 Å². The number of carbonyl (C=O) groups is 2. The zero-order valence-electron chi connectivity index (χ0n) is 13.6. The lowest BCUT2D eigenvalue weighted by molar-refractivity contribution is -0.139. The maximum Gasteiger partial charge on any atom is 0.329 e. The van der Waals surface area contributed by atoms with Crippen molar-refractivity contribution in [2.75, 3.05) is 0 Å². The fraction of sp³-hybridized carbons (Fsp3) is 0.471. The van der Waals surface area contributed by atoms with Crippen LogP contribution in [0.25, 0.3) is 0 Å². The van der Waals surface area contributed by atoms with Crippen molar-refractivity contribution in [2.45, 2.75) is 52.0 Å². The summed E-state index contributed by atoms with van der Waals surface area (Å²) in [4.78, 5) is 23.1. The van der Waals surface area contributed by atoms with Crippen LogP contribution in [-0.4, -0.2) is 23.6 Å². The highest BCUT2D eigenvalue weighted by Crippen LogP contribution is 2.22. The lowest BCUT2D eigenvalue weighted by atomic mass is 9.86. The Kier molecular flexibility index (Phi) is 4.64. The molecule has 22 heavy (non-hydrogen) atoms. The first-order valence-electron chi connectivity index (χ1n) is 7.53. The lowest BCUT2D eigenvalue weighted by Crippen LogP contribution is -2.39. The van der Waals surface area contributed by atoms with E-state index < -0.39 is 11.8 Å². The largest absolute Gasteiger partial charge is 0.345 e. The Morgan fingerprint density at radius 1 is 1.09 bits per heavy atom. The molecule has 1 saturated carbocycles. The molecule has 0 aromatic heterocycles. The van der Waals surface area contributed by atoms with Gasteiger partial charge < -0.3 is 5.32 Å². The molecule has 5 heteroatoms. The van der Waals surface area contributed by atoms with E-state index >= 15 is 0 Å². The zero-order chi connectivity index (χ0) is 16.3. The standard InChI is InChI=1S/C17H23N3O2/c1-11(12-5-7-13(8-6-12)17(2,3)4)19-20-16(22)15(21)18-14-9-10-14/h5-8,14H,9-10H2,1-4H3,(H,18,21)(H,20,22)/b19-11-. The molecule has 2 amide bonds. The van der Waals surface area contributed by atoms with Crippen LogP contribution in [0, 0.1) is 0 Å². The van der Waals surface area contributed by atoms with E-state index in [1.165, 1.54) is 5.56 Å². The van der Waals surface area contributed by atoms with Gasteiger partial charge in [-0.15, -0.1) is 0 Å². The van der Waals surface area contributed by atoms with Gasteiger partial charge in [-0.2, -0.15) is 5.10 Å². The van der Waals surface area contributed by atoms with Gasteiger partial charge in [0.05, 0.1) is 5.71 Å². The summed E-state index contributed by atoms with van der Waals surface area (Å²) >= 11 is 0. The number of rotatable bonds is 3. The summed E-state index contributed by atoms with van der Waals surface area (Å²) in [6, 6.07) is 8.20. The van der Waals surface area contributed by atoms with Gasteiger partial charge >= 0.3 is 11.8 Å². The summed E-state index contributed by atoms with van der Waals surface area (Å²) in [6.07, 6.45) is 1.89. The predicted molar refractivity (Wildman–Crippen MR) is 86.7 cm³/mol. The minimum Gasteiger partial charge on any atom is -0.345 e. The van der Waals surface area contributed by atoms with Crippen LogP contribution in [0.3, 0.4) is 0 Å². The van der Waals surface area contributed by atoms with Crippen LogP contribution < -0.4 is 10.7 Å². The van der Waals surface area contributed by atoms with Gasteiger partial charge in [-0.05, 0) is 36.3 Å². The molecule has 1 aromatic carbocycles. The average molecular weight is 301 g/mol. The second-order valence-electron chi connectivity index (χ2n) is 6.71. The number of carbonyl (C=O) groups excluding carboxylic acids is 2. The van der Waals surface area contributed by atoms with Crippen molar-refractivity contribution >= 4 is 17.5 Å². The fourth-order valence-electron chi connectivity index (χ4n) is 1.94. The van der Waals surface area contributed by atoms with Crippen LogP contribution in [0.15, 0.2) is 29.4 Å². The third-order valence-corrected chi connectivity index (χ3v) is 3.61. The molecule has 1 aliphatic carbocycles. The number of hydrogen-bond acceptors (Lipinski definition) is 3. The first-order chi connectivity index (χ1) is 10.3. The topological polar surface area (TPSA) is 70.6 Å². The molecule has 1 fully saturated rings. The van der Waals surface area contributed by atoms with E-state index in [9.17, 15) is 9.59 Å². The molecule has 118 valence electrons. The molecule has 0 saturated heterocycles. The first kappa shape index (κ1) is 16.2. The summed E-state index contributed by atoms with van der Waals surface area (Å²) in [5.74, 6) is -1.35. The Morgan fingerprint density at radius 2 is 1.68 bits per heavy atom. The molecule has 0 unspecified atom stereocenters. The van der Waals surface area contributed by atoms with E-state index in [4.69, 9.17) is 0 Å². The molecule has 0 heterocycles. The molecule has 5 nitrogen and oxygen atoms in total. The van der Waals surface area contributed by atoms with Crippen molar-refractivity contribution in [3.63, 3.8) is 0 Å². The number of benzene rings is 1. The van der Waals surface area contributed by atoms with Crippen LogP contribution in [0.2, 0.25) is 0 Å². The third kappa shape index (κ3) is 4.41. The van der Waals surface area contributed by atoms with Gasteiger partial charge in [0.15, 0.2) is 0 Å². The smallest absolute Gasteiger partial charge is 0.329 e. The number of nitrogens with zero attached hydrogens (tertiary/aromatic N) is 1. The molecule has 0 atom stereocenters. The number of hydrazone groups is 1. The monoisotopic (exact) mass is 301 g/mol. The third-order valence-electron chi connectivity index (χ3n) is 3.61. The van der Waals surface area contributed by atoms with E-state index in [2.05, 4.69) is 48.7 Å². The van der Waals surface area contributed by atoms with Gasteiger partial charge in [0.2, 0.25) is 0 Å². The van der Waals surface area contributed by atoms with E-state index in [0.717, 1.165) is 18.4 Å². The highest BCUT2D eigenvalue weighted by molar-refractivity contribution is 6.35. The van der Waals surface area contributed by atoms with Gasteiger partial charge in [0, 0.05) is 6.04 Å². The van der Waals surface area contributed by atoms with Crippen molar-refractivity contribution in [2.24, 2.45) is 5.10 Å². The van der Waals surface area contributed by atoms with Crippen LogP contribution in [-0.2, 0) is 15.0 Å². The summed E-state index contributed by atoms with van der Waals surface area (Å²) in [5.41, 5.74) is 5.20. The van der Waals surface area contributed by atoms with E-state index in [1.807, 2.05) is 12.1 Å². The van der Waals surface area contributed by atoms with E-state index in [0.29, 0.717) is 5.71 Å². The predicted octanol–water partition coefficient (Wildman–Crippen LogP) is 2.10. The van der Waals surface area contributed by atoms with Crippen LogP contribution in [0.4, 0.5) is 0 Å². The molecule has 0 aliphatic heterocycles. The second-order valence-corrected chi connectivity index (χ2v) is 6.71. The SMILES string of the molecule is C/C(=N/NC(=O)C(=O)NC1CC1)c1ccc(C(C)(C)C)cc1. The summed E-state index contributed by atoms with van der Waals surface area (Å²) in [6.45, 7) is 8.26. The molecular formula is C17H23N3O2.